The SMILES string of the molecule is COc1cc2c(cc1NC(N)=O)CCC1C2CC[C@]2(C)CCCC12. The third-order valence-corrected chi connectivity index (χ3v) is 7.08. The standard InChI is InChI=1S/C20H28N2O2/c1-20-8-3-4-16(20)14-6-5-12-10-17(22-19(21)23)18(24-2)11-15(12)13(14)7-9-20/h10-11,13-14,16H,3-9H2,1-2H3,(H3,21,22,23)/t13?,14?,16?,20-/m0/s1. The highest BCUT2D eigenvalue weighted by molar-refractivity contribution is 5.90. The topological polar surface area (TPSA) is 64.3 Å². The van der Waals surface area contributed by atoms with Crippen LogP contribution in [0, 0.1) is 17.3 Å². The van der Waals surface area contributed by atoms with Gasteiger partial charge in [0.1, 0.15) is 5.75 Å². The summed E-state index contributed by atoms with van der Waals surface area (Å²) >= 11 is 0. The predicted octanol–water partition coefficient (Wildman–Crippen LogP) is 4.43. The zero-order chi connectivity index (χ0) is 16.9. The van der Waals surface area contributed by atoms with Crippen molar-refractivity contribution in [2.24, 2.45) is 23.0 Å². The number of urea groups is 1. The molecule has 0 bridgehead atoms. The fourth-order valence-electron chi connectivity index (χ4n) is 5.99. The van der Waals surface area contributed by atoms with Gasteiger partial charge < -0.3 is 15.8 Å². The van der Waals surface area contributed by atoms with Gasteiger partial charge in [0.15, 0.2) is 0 Å². The van der Waals surface area contributed by atoms with E-state index in [1.165, 1.54) is 49.7 Å². The summed E-state index contributed by atoms with van der Waals surface area (Å²) in [6, 6.07) is 3.70. The van der Waals surface area contributed by atoms with Crippen LogP contribution >= 0.6 is 0 Å². The number of nitrogens with two attached hydrogens (primary N) is 1. The van der Waals surface area contributed by atoms with Crippen LogP contribution in [0.5, 0.6) is 5.75 Å². The lowest BCUT2D eigenvalue weighted by atomic mass is 9.56. The first-order chi connectivity index (χ1) is 11.5. The molecule has 4 atom stereocenters. The van der Waals surface area contributed by atoms with Crippen LogP contribution < -0.4 is 15.8 Å². The molecule has 0 heterocycles. The molecule has 4 heteroatoms. The van der Waals surface area contributed by atoms with E-state index in [4.69, 9.17) is 10.5 Å². The molecule has 3 aliphatic carbocycles. The molecular formula is C20H28N2O2. The molecule has 2 saturated carbocycles. The Hall–Kier alpha value is -1.71. The Kier molecular flexibility index (Phi) is 3.74. The molecule has 0 aliphatic heterocycles. The molecule has 3 aliphatic rings. The zero-order valence-electron chi connectivity index (χ0n) is 14.7. The predicted molar refractivity (Wildman–Crippen MR) is 95.4 cm³/mol. The molecule has 4 nitrogen and oxygen atoms in total. The number of anilines is 1. The number of aryl methyl sites for hydroxylation is 1. The van der Waals surface area contributed by atoms with Crippen molar-refractivity contribution in [2.45, 2.75) is 57.8 Å². The number of carbonyl (C=O) groups excluding carboxylic acids is 1. The molecule has 3 N–H and O–H groups in total. The molecule has 1 aromatic carbocycles. The molecule has 3 unspecified atom stereocenters. The number of fused-ring (bicyclic) bond motifs is 5. The smallest absolute Gasteiger partial charge is 0.316 e. The van der Waals surface area contributed by atoms with Crippen molar-refractivity contribution in [1.29, 1.82) is 0 Å². The number of rotatable bonds is 2. The summed E-state index contributed by atoms with van der Waals surface area (Å²) < 4.78 is 5.53. The van der Waals surface area contributed by atoms with E-state index in [2.05, 4.69) is 24.4 Å². The van der Waals surface area contributed by atoms with Gasteiger partial charge in [-0.05, 0) is 85.0 Å². The van der Waals surface area contributed by atoms with Crippen molar-refractivity contribution >= 4 is 11.7 Å². The third-order valence-electron chi connectivity index (χ3n) is 7.08. The van der Waals surface area contributed by atoms with Crippen LogP contribution in [0.2, 0.25) is 0 Å². The van der Waals surface area contributed by atoms with E-state index >= 15 is 0 Å². The van der Waals surface area contributed by atoms with Crippen molar-refractivity contribution in [3.8, 4) is 5.75 Å². The third kappa shape index (κ3) is 2.38. The first-order valence-electron chi connectivity index (χ1n) is 9.29. The summed E-state index contributed by atoms with van der Waals surface area (Å²) in [4.78, 5) is 11.2. The fourth-order valence-corrected chi connectivity index (χ4v) is 5.99. The Morgan fingerprint density at radius 2 is 2.12 bits per heavy atom. The minimum Gasteiger partial charge on any atom is -0.495 e. The number of primary amides is 1. The van der Waals surface area contributed by atoms with Crippen LogP contribution in [0.15, 0.2) is 12.1 Å². The van der Waals surface area contributed by atoms with E-state index in [-0.39, 0.29) is 0 Å². The number of benzene rings is 1. The van der Waals surface area contributed by atoms with Gasteiger partial charge in [0.05, 0.1) is 12.8 Å². The van der Waals surface area contributed by atoms with Crippen LogP contribution in [0.4, 0.5) is 10.5 Å². The quantitative estimate of drug-likeness (QED) is 0.843. The second-order valence-electron chi connectivity index (χ2n) is 8.24. The van der Waals surface area contributed by atoms with E-state index in [0.29, 0.717) is 17.0 Å². The highest BCUT2D eigenvalue weighted by atomic mass is 16.5. The molecule has 0 saturated heterocycles. The largest absolute Gasteiger partial charge is 0.495 e. The van der Waals surface area contributed by atoms with Gasteiger partial charge in [-0.15, -0.1) is 0 Å². The van der Waals surface area contributed by atoms with Gasteiger partial charge in [-0.25, -0.2) is 4.79 Å². The van der Waals surface area contributed by atoms with Gasteiger partial charge >= 0.3 is 6.03 Å². The molecule has 2 amide bonds. The number of ether oxygens (including phenoxy) is 1. The van der Waals surface area contributed by atoms with Crippen molar-refractivity contribution in [1.82, 2.24) is 0 Å². The van der Waals surface area contributed by atoms with Gasteiger partial charge in [-0.3, -0.25) is 0 Å². The summed E-state index contributed by atoms with van der Waals surface area (Å²) in [5.41, 5.74) is 9.39. The highest BCUT2D eigenvalue weighted by Crippen LogP contribution is 2.61. The molecule has 24 heavy (non-hydrogen) atoms. The summed E-state index contributed by atoms with van der Waals surface area (Å²) in [6.07, 6.45) is 9.24. The maximum Gasteiger partial charge on any atom is 0.316 e. The van der Waals surface area contributed by atoms with Gasteiger partial charge in [0, 0.05) is 0 Å². The zero-order valence-corrected chi connectivity index (χ0v) is 14.7. The number of carbonyl (C=O) groups is 1. The van der Waals surface area contributed by atoms with Crippen LogP contribution in [-0.4, -0.2) is 13.1 Å². The van der Waals surface area contributed by atoms with Crippen molar-refractivity contribution in [3.63, 3.8) is 0 Å². The Morgan fingerprint density at radius 1 is 1.29 bits per heavy atom. The number of hydrogen-bond donors (Lipinski definition) is 2. The Balaban J connectivity index is 1.70. The van der Waals surface area contributed by atoms with Crippen molar-refractivity contribution in [2.75, 3.05) is 12.4 Å². The van der Waals surface area contributed by atoms with E-state index in [1.807, 2.05) is 0 Å². The number of methoxy groups -OCH3 is 1. The molecule has 0 radical (unpaired) electrons. The fraction of sp³-hybridized carbons (Fsp3) is 0.650. The van der Waals surface area contributed by atoms with Gasteiger partial charge in [0.2, 0.25) is 0 Å². The summed E-state index contributed by atoms with van der Waals surface area (Å²) in [5, 5.41) is 2.70. The number of amides is 2. The number of nitrogens with one attached hydrogen (secondary N) is 1. The van der Waals surface area contributed by atoms with E-state index < -0.39 is 6.03 Å². The second kappa shape index (κ2) is 5.68. The maximum atomic E-state index is 11.2. The van der Waals surface area contributed by atoms with Crippen molar-refractivity contribution < 1.29 is 9.53 Å². The lowest BCUT2D eigenvalue weighted by molar-refractivity contribution is 0.0598. The highest BCUT2D eigenvalue weighted by Gasteiger charge is 2.50. The van der Waals surface area contributed by atoms with Crippen LogP contribution in [0.25, 0.3) is 0 Å². The average Bonchev–Trinajstić information content (AvgIpc) is 2.95. The first kappa shape index (κ1) is 15.8. The monoisotopic (exact) mass is 328 g/mol. The van der Waals surface area contributed by atoms with Gasteiger partial charge in [-0.1, -0.05) is 13.3 Å². The van der Waals surface area contributed by atoms with Gasteiger partial charge in [0.25, 0.3) is 0 Å². The van der Waals surface area contributed by atoms with Crippen LogP contribution in [-0.2, 0) is 6.42 Å². The lowest BCUT2D eigenvalue weighted by Gasteiger charge is -2.49. The lowest BCUT2D eigenvalue weighted by Crippen LogP contribution is -2.39. The molecule has 130 valence electrons. The van der Waals surface area contributed by atoms with E-state index in [1.54, 1.807) is 7.11 Å². The Labute approximate surface area is 144 Å². The first-order valence-corrected chi connectivity index (χ1v) is 9.29. The summed E-state index contributed by atoms with van der Waals surface area (Å²) in [6.45, 7) is 2.52. The molecule has 1 aromatic rings. The molecule has 2 fully saturated rings. The Bertz CT molecular complexity index is 672. The molecule has 0 spiro atoms. The van der Waals surface area contributed by atoms with Gasteiger partial charge in [-0.2, -0.15) is 0 Å². The van der Waals surface area contributed by atoms with E-state index in [0.717, 1.165) is 24.0 Å². The molecule has 0 aromatic heterocycles. The minimum absolute atomic E-state index is 0.540. The normalized spacial score (nSPS) is 34.0. The second-order valence-corrected chi connectivity index (χ2v) is 8.24. The van der Waals surface area contributed by atoms with Crippen LogP contribution in [0.3, 0.4) is 0 Å². The molecule has 4 rings (SSSR count). The maximum absolute atomic E-state index is 11.2. The Morgan fingerprint density at radius 3 is 2.88 bits per heavy atom. The van der Waals surface area contributed by atoms with Crippen LogP contribution in [0.1, 0.15) is 62.5 Å². The van der Waals surface area contributed by atoms with E-state index in [9.17, 15) is 4.79 Å². The number of hydrogen-bond acceptors (Lipinski definition) is 2. The molecular weight excluding hydrogens is 300 g/mol. The average molecular weight is 328 g/mol. The summed E-state index contributed by atoms with van der Waals surface area (Å²) in [5.74, 6) is 3.09. The summed E-state index contributed by atoms with van der Waals surface area (Å²) in [7, 11) is 1.66. The minimum atomic E-state index is -0.540. The van der Waals surface area contributed by atoms with Crippen molar-refractivity contribution in [3.05, 3.63) is 23.3 Å².